The first-order chi connectivity index (χ1) is 15.2. The standard InChI is InChI=1S/C26H33N3O2/c1-28(22-8-4-3-5-9-22)18-16-27-25(30)19-29-17-15-21-7-6-10-24(26(21)29)20-11-13-23(31-2)14-12-20/h6-7,10-15,17,22H,3-5,8-9,16,18-19H2,1-2H3,(H,27,30). The van der Waals surface area contributed by atoms with Crippen molar-refractivity contribution in [3.63, 3.8) is 0 Å². The lowest BCUT2D eigenvalue weighted by Gasteiger charge is -2.31. The Morgan fingerprint density at radius 3 is 2.61 bits per heavy atom. The lowest BCUT2D eigenvalue weighted by atomic mass is 9.94. The number of likely N-dealkylation sites (N-methyl/N-ethyl adjacent to an activating group) is 1. The molecule has 0 bridgehead atoms. The van der Waals surface area contributed by atoms with Crippen LogP contribution in [0.3, 0.4) is 0 Å². The van der Waals surface area contributed by atoms with E-state index in [0.717, 1.165) is 34.3 Å². The van der Waals surface area contributed by atoms with Crippen LogP contribution in [0.15, 0.2) is 54.7 Å². The average Bonchev–Trinajstić information content (AvgIpc) is 3.22. The number of para-hydroxylation sites is 1. The van der Waals surface area contributed by atoms with Gasteiger partial charge in [-0.25, -0.2) is 0 Å². The Hall–Kier alpha value is -2.79. The van der Waals surface area contributed by atoms with Gasteiger partial charge in [0.25, 0.3) is 0 Å². The number of ether oxygens (including phenoxy) is 1. The molecule has 5 nitrogen and oxygen atoms in total. The molecule has 1 heterocycles. The van der Waals surface area contributed by atoms with Gasteiger partial charge in [-0.1, -0.05) is 49.6 Å². The Labute approximate surface area is 185 Å². The summed E-state index contributed by atoms with van der Waals surface area (Å²) in [6.45, 7) is 1.92. The molecule has 1 amide bonds. The molecule has 1 N–H and O–H groups in total. The lowest BCUT2D eigenvalue weighted by Crippen LogP contribution is -2.40. The number of carbonyl (C=O) groups excluding carboxylic acids is 1. The van der Waals surface area contributed by atoms with Gasteiger partial charge in [-0.05, 0) is 43.7 Å². The first-order valence-corrected chi connectivity index (χ1v) is 11.3. The maximum Gasteiger partial charge on any atom is 0.239 e. The Morgan fingerprint density at radius 1 is 1.10 bits per heavy atom. The third-order valence-electron chi connectivity index (χ3n) is 6.49. The molecule has 0 aliphatic heterocycles. The fourth-order valence-electron chi connectivity index (χ4n) is 4.68. The maximum absolute atomic E-state index is 12.7. The van der Waals surface area contributed by atoms with Crippen molar-refractivity contribution in [2.75, 3.05) is 27.2 Å². The molecule has 3 aromatic rings. The number of rotatable bonds is 8. The molecule has 5 heteroatoms. The number of nitrogens with one attached hydrogen (secondary N) is 1. The van der Waals surface area contributed by atoms with Gasteiger partial charge < -0.3 is 19.5 Å². The van der Waals surface area contributed by atoms with Crippen LogP contribution in [0.5, 0.6) is 5.75 Å². The van der Waals surface area contributed by atoms with Gasteiger partial charge in [0, 0.05) is 36.3 Å². The number of aromatic nitrogens is 1. The molecule has 0 radical (unpaired) electrons. The largest absolute Gasteiger partial charge is 0.497 e. The number of methoxy groups -OCH3 is 1. The predicted octanol–water partition coefficient (Wildman–Crippen LogP) is 4.70. The molecule has 31 heavy (non-hydrogen) atoms. The summed E-state index contributed by atoms with van der Waals surface area (Å²) in [5.74, 6) is 0.892. The van der Waals surface area contributed by atoms with Crippen molar-refractivity contribution in [1.82, 2.24) is 14.8 Å². The third-order valence-corrected chi connectivity index (χ3v) is 6.49. The zero-order valence-electron chi connectivity index (χ0n) is 18.6. The maximum atomic E-state index is 12.7. The van der Waals surface area contributed by atoms with Crippen molar-refractivity contribution in [2.24, 2.45) is 0 Å². The van der Waals surface area contributed by atoms with E-state index < -0.39 is 0 Å². The Kier molecular flexibility index (Phi) is 6.92. The molecular weight excluding hydrogens is 386 g/mol. The summed E-state index contributed by atoms with van der Waals surface area (Å²) in [6, 6.07) is 17.1. The minimum absolute atomic E-state index is 0.0547. The normalized spacial score (nSPS) is 14.8. The topological polar surface area (TPSA) is 46.5 Å². The number of hydrogen-bond donors (Lipinski definition) is 1. The molecule has 1 aliphatic rings. The first-order valence-electron chi connectivity index (χ1n) is 11.3. The molecule has 1 fully saturated rings. The fraction of sp³-hybridized carbons (Fsp3) is 0.423. The zero-order chi connectivity index (χ0) is 21.6. The summed E-state index contributed by atoms with van der Waals surface area (Å²) < 4.78 is 7.34. The highest BCUT2D eigenvalue weighted by Crippen LogP contribution is 2.30. The van der Waals surface area contributed by atoms with E-state index in [1.165, 1.54) is 32.1 Å². The van der Waals surface area contributed by atoms with Crippen molar-refractivity contribution >= 4 is 16.8 Å². The third kappa shape index (κ3) is 5.10. The molecule has 164 valence electrons. The van der Waals surface area contributed by atoms with Crippen molar-refractivity contribution in [1.29, 1.82) is 0 Å². The van der Waals surface area contributed by atoms with E-state index in [1.807, 2.05) is 18.3 Å². The summed E-state index contributed by atoms with van der Waals surface area (Å²) >= 11 is 0. The first kappa shape index (κ1) is 21.4. The van der Waals surface area contributed by atoms with Crippen molar-refractivity contribution in [2.45, 2.75) is 44.7 Å². The van der Waals surface area contributed by atoms with Gasteiger partial charge in [0.2, 0.25) is 5.91 Å². The second-order valence-electron chi connectivity index (χ2n) is 8.54. The van der Waals surface area contributed by atoms with E-state index in [2.05, 4.69) is 58.2 Å². The SMILES string of the molecule is COc1ccc(-c2cccc3ccn(CC(=O)NCCN(C)C4CCCCC4)c23)cc1. The minimum Gasteiger partial charge on any atom is -0.497 e. The van der Waals surface area contributed by atoms with Crippen LogP contribution in [0, 0.1) is 0 Å². The predicted molar refractivity (Wildman–Crippen MR) is 126 cm³/mol. The van der Waals surface area contributed by atoms with E-state index >= 15 is 0 Å². The molecule has 4 rings (SSSR count). The fourth-order valence-corrected chi connectivity index (χ4v) is 4.68. The zero-order valence-corrected chi connectivity index (χ0v) is 18.6. The Bertz CT molecular complexity index is 1000. The van der Waals surface area contributed by atoms with Crippen LogP contribution in [-0.4, -0.2) is 48.7 Å². The summed E-state index contributed by atoms with van der Waals surface area (Å²) in [5, 5.41) is 4.25. The van der Waals surface area contributed by atoms with Gasteiger partial charge in [-0.2, -0.15) is 0 Å². The molecule has 0 spiro atoms. The lowest BCUT2D eigenvalue weighted by molar-refractivity contribution is -0.121. The molecule has 0 atom stereocenters. The second-order valence-corrected chi connectivity index (χ2v) is 8.54. The van der Waals surface area contributed by atoms with Crippen molar-refractivity contribution < 1.29 is 9.53 Å². The highest BCUT2D eigenvalue weighted by atomic mass is 16.5. The van der Waals surface area contributed by atoms with E-state index in [4.69, 9.17) is 4.74 Å². The molecule has 1 aliphatic carbocycles. The molecule has 1 aromatic heterocycles. The number of benzene rings is 2. The van der Waals surface area contributed by atoms with E-state index in [9.17, 15) is 4.79 Å². The smallest absolute Gasteiger partial charge is 0.239 e. The minimum atomic E-state index is 0.0547. The van der Waals surface area contributed by atoms with Gasteiger partial charge in [0.1, 0.15) is 12.3 Å². The Morgan fingerprint density at radius 2 is 1.87 bits per heavy atom. The van der Waals surface area contributed by atoms with Gasteiger partial charge in [-0.15, -0.1) is 0 Å². The van der Waals surface area contributed by atoms with Gasteiger partial charge in [0.15, 0.2) is 0 Å². The number of amides is 1. The van der Waals surface area contributed by atoms with E-state index in [0.29, 0.717) is 19.1 Å². The van der Waals surface area contributed by atoms with Crippen LogP contribution in [0.25, 0.3) is 22.0 Å². The highest BCUT2D eigenvalue weighted by molar-refractivity contribution is 5.95. The average molecular weight is 420 g/mol. The molecule has 2 aromatic carbocycles. The molecular formula is C26H33N3O2. The molecule has 0 saturated heterocycles. The monoisotopic (exact) mass is 419 g/mol. The summed E-state index contributed by atoms with van der Waals surface area (Å²) in [6.07, 6.45) is 8.61. The summed E-state index contributed by atoms with van der Waals surface area (Å²) in [5.41, 5.74) is 3.32. The molecule has 1 saturated carbocycles. The van der Waals surface area contributed by atoms with Crippen LogP contribution in [0.1, 0.15) is 32.1 Å². The number of carbonyl (C=O) groups is 1. The molecule has 0 unspecified atom stereocenters. The van der Waals surface area contributed by atoms with Crippen molar-refractivity contribution in [3.05, 3.63) is 54.7 Å². The number of hydrogen-bond acceptors (Lipinski definition) is 3. The number of fused-ring (bicyclic) bond motifs is 1. The van der Waals surface area contributed by atoms with Crippen LogP contribution >= 0.6 is 0 Å². The summed E-state index contributed by atoms with van der Waals surface area (Å²) in [4.78, 5) is 15.1. The van der Waals surface area contributed by atoms with Gasteiger partial charge >= 0.3 is 0 Å². The van der Waals surface area contributed by atoms with Crippen LogP contribution in [-0.2, 0) is 11.3 Å². The van der Waals surface area contributed by atoms with Crippen LogP contribution in [0.2, 0.25) is 0 Å². The van der Waals surface area contributed by atoms with Gasteiger partial charge in [-0.3, -0.25) is 4.79 Å². The summed E-state index contributed by atoms with van der Waals surface area (Å²) in [7, 11) is 3.86. The van der Waals surface area contributed by atoms with E-state index in [1.54, 1.807) is 7.11 Å². The van der Waals surface area contributed by atoms with Gasteiger partial charge in [0.05, 0.1) is 12.6 Å². The Balaban J connectivity index is 1.41. The van der Waals surface area contributed by atoms with Crippen molar-refractivity contribution in [3.8, 4) is 16.9 Å². The quantitative estimate of drug-likeness (QED) is 0.576. The van der Waals surface area contributed by atoms with E-state index in [-0.39, 0.29) is 5.91 Å². The van der Waals surface area contributed by atoms with Crippen LogP contribution < -0.4 is 10.1 Å². The highest BCUT2D eigenvalue weighted by Gasteiger charge is 2.18. The second kappa shape index (κ2) is 10.0. The number of nitrogens with zero attached hydrogens (tertiary/aromatic N) is 2. The van der Waals surface area contributed by atoms with Crippen LogP contribution in [0.4, 0.5) is 0 Å².